The summed E-state index contributed by atoms with van der Waals surface area (Å²) >= 11 is 11.8. The van der Waals surface area contributed by atoms with E-state index >= 15 is 0 Å². The number of hydrogen-bond donors (Lipinski definition) is 2. The molecular weight excluding hydrogens is 301 g/mol. The van der Waals surface area contributed by atoms with Crippen molar-refractivity contribution in [2.45, 2.75) is 37.8 Å². The van der Waals surface area contributed by atoms with E-state index in [0.717, 1.165) is 19.3 Å². The average Bonchev–Trinajstić information content (AvgIpc) is 2.36. The highest BCUT2D eigenvalue weighted by Crippen LogP contribution is 2.32. The third kappa shape index (κ3) is 3.37. The molecule has 20 heavy (non-hydrogen) atoms. The Labute approximate surface area is 128 Å². The molecule has 1 aromatic carbocycles. The van der Waals surface area contributed by atoms with Crippen LogP contribution in [-0.2, 0) is 4.79 Å². The summed E-state index contributed by atoms with van der Waals surface area (Å²) in [5.74, 6) is 0.148. The van der Waals surface area contributed by atoms with Crippen LogP contribution in [0, 0.1) is 0 Å². The highest BCUT2D eigenvalue weighted by atomic mass is 35.5. The van der Waals surface area contributed by atoms with Crippen LogP contribution in [0.1, 0.15) is 26.2 Å². The van der Waals surface area contributed by atoms with Crippen molar-refractivity contribution in [2.75, 3.05) is 6.61 Å². The zero-order valence-electron chi connectivity index (χ0n) is 11.2. The van der Waals surface area contributed by atoms with Crippen LogP contribution in [0.4, 0.5) is 0 Å². The first kappa shape index (κ1) is 15.4. The Morgan fingerprint density at radius 2 is 2.20 bits per heavy atom. The summed E-state index contributed by atoms with van der Waals surface area (Å²) in [6.45, 7) is 1.59. The number of benzene rings is 1. The first-order valence-electron chi connectivity index (χ1n) is 6.50. The number of halogens is 2. The van der Waals surface area contributed by atoms with Gasteiger partial charge in [-0.15, -0.1) is 0 Å². The number of aliphatic hydroxyl groups excluding tert-OH is 1. The predicted molar refractivity (Wildman–Crippen MR) is 78.4 cm³/mol. The molecule has 2 rings (SSSR count). The summed E-state index contributed by atoms with van der Waals surface area (Å²) in [5, 5.41) is 13.1. The molecule has 0 aromatic heterocycles. The van der Waals surface area contributed by atoms with Gasteiger partial charge >= 0.3 is 0 Å². The fourth-order valence-corrected chi connectivity index (χ4v) is 2.56. The van der Waals surface area contributed by atoms with Crippen LogP contribution >= 0.6 is 23.2 Å². The van der Waals surface area contributed by atoms with Gasteiger partial charge in [-0.2, -0.15) is 0 Å². The number of ether oxygens (including phenoxy) is 1. The van der Waals surface area contributed by atoms with Gasteiger partial charge in [-0.1, -0.05) is 23.2 Å². The van der Waals surface area contributed by atoms with E-state index in [9.17, 15) is 9.90 Å². The van der Waals surface area contributed by atoms with E-state index in [-0.39, 0.29) is 12.5 Å². The fraction of sp³-hybridized carbons (Fsp3) is 0.500. The molecule has 1 saturated carbocycles. The lowest BCUT2D eigenvalue weighted by molar-refractivity contribution is -0.131. The minimum absolute atomic E-state index is 0.0485. The first-order valence-corrected chi connectivity index (χ1v) is 7.26. The van der Waals surface area contributed by atoms with Crippen LogP contribution in [0.15, 0.2) is 18.2 Å². The molecular formula is C14H17Cl2NO3. The van der Waals surface area contributed by atoms with E-state index in [1.807, 2.05) is 0 Å². The van der Waals surface area contributed by atoms with E-state index in [1.54, 1.807) is 25.1 Å². The van der Waals surface area contributed by atoms with Gasteiger partial charge in [0.05, 0.1) is 17.2 Å². The maximum Gasteiger partial charge on any atom is 0.261 e. The largest absolute Gasteiger partial charge is 0.479 e. The van der Waals surface area contributed by atoms with Crippen LogP contribution in [0.2, 0.25) is 10.0 Å². The molecule has 1 atom stereocenters. The Balaban J connectivity index is 1.97. The Morgan fingerprint density at radius 3 is 2.70 bits per heavy atom. The highest BCUT2D eigenvalue weighted by molar-refractivity contribution is 6.35. The first-order chi connectivity index (χ1) is 9.46. The summed E-state index contributed by atoms with van der Waals surface area (Å²) in [7, 11) is 0. The van der Waals surface area contributed by atoms with E-state index in [0.29, 0.717) is 15.8 Å². The van der Waals surface area contributed by atoms with Gasteiger partial charge in [0.2, 0.25) is 0 Å². The zero-order valence-corrected chi connectivity index (χ0v) is 12.7. The second-order valence-corrected chi connectivity index (χ2v) is 5.96. The van der Waals surface area contributed by atoms with Crippen LogP contribution in [0.25, 0.3) is 0 Å². The monoisotopic (exact) mass is 317 g/mol. The van der Waals surface area contributed by atoms with Gasteiger partial charge in [0, 0.05) is 5.02 Å². The number of aliphatic hydroxyl groups is 1. The maximum absolute atomic E-state index is 12.1. The Bertz CT molecular complexity index is 498. The highest BCUT2D eigenvalue weighted by Gasteiger charge is 2.38. The van der Waals surface area contributed by atoms with Crippen LogP contribution in [-0.4, -0.2) is 29.3 Å². The summed E-state index contributed by atoms with van der Waals surface area (Å²) in [6, 6.07) is 4.83. The second kappa shape index (κ2) is 6.20. The number of carbonyl (C=O) groups is 1. The van der Waals surface area contributed by atoms with Crippen molar-refractivity contribution in [1.82, 2.24) is 5.32 Å². The molecule has 0 saturated heterocycles. The Hall–Kier alpha value is -0.970. The smallest absolute Gasteiger partial charge is 0.261 e. The zero-order chi connectivity index (χ0) is 14.8. The minimum atomic E-state index is -0.697. The second-order valence-electron chi connectivity index (χ2n) is 5.12. The molecule has 1 fully saturated rings. The van der Waals surface area contributed by atoms with Crippen LogP contribution < -0.4 is 10.1 Å². The lowest BCUT2D eigenvalue weighted by Crippen LogP contribution is -2.58. The molecule has 1 unspecified atom stereocenters. The topological polar surface area (TPSA) is 58.6 Å². The molecule has 1 aliphatic carbocycles. The number of nitrogens with one attached hydrogen (secondary N) is 1. The Morgan fingerprint density at radius 1 is 1.50 bits per heavy atom. The molecule has 6 heteroatoms. The van der Waals surface area contributed by atoms with Crippen molar-refractivity contribution in [2.24, 2.45) is 0 Å². The average molecular weight is 318 g/mol. The van der Waals surface area contributed by atoms with E-state index < -0.39 is 11.6 Å². The van der Waals surface area contributed by atoms with Crippen LogP contribution in [0.3, 0.4) is 0 Å². The fourth-order valence-electron chi connectivity index (χ4n) is 2.10. The number of hydrogen-bond acceptors (Lipinski definition) is 3. The van der Waals surface area contributed by atoms with Gasteiger partial charge in [-0.05, 0) is 44.4 Å². The molecule has 0 bridgehead atoms. The quantitative estimate of drug-likeness (QED) is 0.878. The van der Waals surface area contributed by atoms with Gasteiger partial charge in [0.25, 0.3) is 5.91 Å². The lowest BCUT2D eigenvalue weighted by Gasteiger charge is -2.41. The molecule has 1 aromatic rings. The Kier molecular flexibility index (Phi) is 4.78. The SMILES string of the molecule is CC(Oc1ccc(Cl)cc1Cl)C(=O)NC1(CO)CCC1. The molecule has 1 aliphatic rings. The molecule has 0 heterocycles. The summed E-state index contributed by atoms with van der Waals surface area (Å²) in [4.78, 5) is 12.1. The van der Waals surface area contributed by atoms with Crippen LogP contribution in [0.5, 0.6) is 5.75 Å². The standard InChI is InChI=1S/C14H17Cl2NO3/c1-9(13(19)17-14(8-18)5-2-6-14)20-12-4-3-10(15)7-11(12)16/h3-4,7,9,18H,2,5-6,8H2,1H3,(H,17,19). The third-order valence-corrected chi connectivity index (χ3v) is 4.10. The van der Waals surface area contributed by atoms with Gasteiger partial charge in [0.15, 0.2) is 6.10 Å². The van der Waals surface area contributed by atoms with Crippen molar-refractivity contribution in [3.63, 3.8) is 0 Å². The lowest BCUT2D eigenvalue weighted by atomic mass is 9.77. The number of carbonyl (C=O) groups excluding carboxylic acids is 1. The van der Waals surface area contributed by atoms with Crippen molar-refractivity contribution in [1.29, 1.82) is 0 Å². The molecule has 4 nitrogen and oxygen atoms in total. The van der Waals surface area contributed by atoms with E-state index in [2.05, 4.69) is 5.32 Å². The molecule has 2 N–H and O–H groups in total. The summed E-state index contributed by atoms with van der Waals surface area (Å²) in [6.07, 6.45) is 1.91. The van der Waals surface area contributed by atoms with Gasteiger partial charge < -0.3 is 15.2 Å². The number of amides is 1. The van der Waals surface area contributed by atoms with Crippen molar-refractivity contribution >= 4 is 29.1 Å². The molecule has 110 valence electrons. The van der Waals surface area contributed by atoms with E-state index in [4.69, 9.17) is 27.9 Å². The van der Waals surface area contributed by atoms with Crippen molar-refractivity contribution in [3.8, 4) is 5.75 Å². The normalized spacial score (nSPS) is 18.0. The predicted octanol–water partition coefficient (Wildman–Crippen LogP) is 2.79. The molecule has 0 spiro atoms. The maximum atomic E-state index is 12.1. The molecule has 0 radical (unpaired) electrons. The van der Waals surface area contributed by atoms with Gasteiger partial charge in [0.1, 0.15) is 5.75 Å². The summed E-state index contributed by atoms with van der Waals surface area (Å²) in [5.41, 5.74) is -0.474. The van der Waals surface area contributed by atoms with Crippen molar-refractivity contribution in [3.05, 3.63) is 28.2 Å². The van der Waals surface area contributed by atoms with Crippen molar-refractivity contribution < 1.29 is 14.6 Å². The molecule has 1 amide bonds. The number of rotatable bonds is 5. The third-order valence-electron chi connectivity index (χ3n) is 3.57. The minimum Gasteiger partial charge on any atom is -0.479 e. The van der Waals surface area contributed by atoms with E-state index in [1.165, 1.54) is 0 Å². The molecule has 0 aliphatic heterocycles. The van der Waals surface area contributed by atoms with Gasteiger partial charge in [-0.25, -0.2) is 0 Å². The van der Waals surface area contributed by atoms with Gasteiger partial charge in [-0.3, -0.25) is 4.79 Å². The summed E-state index contributed by atoms with van der Waals surface area (Å²) < 4.78 is 5.54.